The van der Waals surface area contributed by atoms with Crippen molar-refractivity contribution < 1.29 is 4.74 Å². The topological polar surface area (TPSA) is 78.0 Å². The largest absolute Gasteiger partial charge is 0.481 e. The second-order valence-corrected chi connectivity index (χ2v) is 4.38. The average molecular weight is 261 g/mol. The molecule has 6 nitrogen and oxygen atoms in total. The van der Waals surface area contributed by atoms with E-state index in [1.54, 1.807) is 18.0 Å². The molecule has 2 rings (SSSR count). The maximum atomic E-state index is 5.64. The monoisotopic (exact) mass is 261 g/mol. The summed E-state index contributed by atoms with van der Waals surface area (Å²) < 4.78 is 7.06. The number of hydrazine groups is 1. The van der Waals surface area contributed by atoms with Gasteiger partial charge in [0, 0.05) is 25.0 Å². The van der Waals surface area contributed by atoms with E-state index in [1.165, 1.54) is 5.56 Å². The van der Waals surface area contributed by atoms with E-state index < -0.39 is 0 Å². The molecule has 0 fully saturated rings. The fourth-order valence-corrected chi connectivity index (χ4v) is 2.08. The molecule has 0 radical (unpaired) electrons. The van der Waals surface area contributed by atoms with Crippen LogP contribution in [0.2, 0.25) is 0 Å². The van der Waals surface area contributed by atoms with Gasteiger partial charge in [-0.25, -0.2) is 4.98 Å². The molecule has 0 spiro atoms. The number of rotatable bonds is 6. The quantitative estimate of drug-likeness (QED) is 0.598. The summed E-state index contributed by atoms with van der Waals surface area (Å²) in [4.78, 5) is 4.19. The van der Waals surface area contributed by atoms with Crippen molar-refractivity contribution in [2.24, 2.45) is 12.9 Å². The van der Waals surface area contributed by atoms with E-state index in [-0.39, 0.29) is 6.04 Å². The number of ether oxygens (including phenoxy) is 1. The Bertz CT molecular complexity index is 525. The summed E-state index contributed by atoms with van der Waals surface area (Å²) in [6.07, 6.45) is 7.32. The van der Waals surface area contributed by atoms with Gasteiger partial charge in [-0.3, -0.25) is 16.0 Å². The third kappa shape index (κ3) is 3.30. The molecule has 0 aliphatic rings. The third-order valence-corrected chi connectivity index (χ3v) is 3.05. The van der Waals surface area contributed by atoms with Crippen LogP contribution in [0.1, 0.15) is 23.6 Å². The van der Waals surface area contributed by atoms with E-state index in [0.717, 1.165) is 18.4 Å². The van der Waals surface area contributed by atoms with E-state index in [1.807, 2.05) is 31.6 Å². The first kappa shape index (κ1) is 13.5. The fraction of sp³-hybridized carbons (Fsp3) is 0.385. The van der Waals surface area contributed by atoms with Gasteiger partial charge in [-0.2, -0.15) is 5.10 Å². The molecule has 2 aromatic heterocycles. The molecule has 0 aromatic carbocycles. The Morgan fingerprint density at radius 1 is 1.53 bits per heavy atom. The number of pyridine rings is 1. The lowest BCUT2D eigenvalue weighted by Gasteiger charge is -2.17. The van der Waals surface area contributed by atoms with Crippen molar-refractivity contribution in [2.45, 2.75) is 18.9 Å². The Balaban J connectivity index is 2.07. The number of aromatic nitrogens is 3. The lowest BCUT2D eigenvalue weighted by atomic mass is 10.0. The molecule has 0 amide bonds. The molecular weight excluding hydrogens is 242 g/mol. The zero-order valence-corrected chi connectivity index (χ0v) is 11.2. The summed E-state index contributed by atoms with van der Waals surface area (Å²) in [5.41, 5.74) is 4.98. The fourth-order valence-electron chi connectivity index (χ4n) is 2.08. The van der Waals surface area contributed by atoms with Crippen LogP contribution in [-0.4, -0.2) is 21.9 Å². The summed E-state index contributed by atoms with van der Waals surface area (Å²) in [7, 11) is 3.52. The highest BCUT2D eigenvalue weighted by Crippen LogP contribution is 2.25. The predicted octanol–water partition coefficient (Wildman–Crippen LogP) is 0.961. The van der Waals surface area contributed by atoms with Gasteiger partial charge in [-0.1, -0.05) is 6.07 Å². The lowest BCUT2D eigenvalue weighted by Crippen LogP contribution is -2.28. The molecular formula is C13H19N5O. The van der Waals surface area contributed by atoms with Gasteiger partial charge >= 0.3 is 0 Å². The minimum absolute atomic E-state index is 0.00357. The van der Waals surface area contributed by atoms with Crippen LogP contribution in [0.4, 0.5) is 0 Å². The van der Waals surface area contributed by atoms with E-state index in [4.69, 9.17) is 10.6 Å². The molecule has 102 valence electrons. The Morgan fingerprint density at radius 2 is 2.37 bits per heavy atom. The normalized spacial score (nSPS) is 12.4. The first-order chi connectivity index (χ1) is 9.24. The van der Waals surface area contributed by atoms with Gasteiger partial charge < -0.3 is 4.74 Å². The van der Waals surface area contributed by atoms with Crippen LogP contribution in [0.25, 0.3) is 0 Å². The first-order valence-electron chi connectivity index (χ1n) is 6.17. The summed E-state index contributed by atoms with van der Waals surface area (Å²) in [5, 5.41) is 4.15. The van der Waals surface area contributed by atoms with Crippen molar-refractivity contribution in [1.82, 2.24) is 20.2 Å². The molecule has 0 bridgehead atoms. The van der Waals surface area contributed by atoms with Crippen LogP contribution < -0.4 is 16.0 Å². The van der Waals surface area contributed by atoms with E-state index in [0.29, 0.717) is 5.88 Å². The first-order valence-corrected chi connectivity index (χ1v) is 6.17. The van der Waals surface area contributed by atoms with Gasteiger partial charge in [0.1, 0.15) is 0 Å². The highest BCUT2D eigenvalue weighted by atomic mass is 16.5. The highest BCUT2D eigenvalue weighted by Gasteiger charge is 2.15. The van der Waals surface area contributed by atoms with Gasteiger partial charge in [0.05, 0.1) is 19.3 Å². The van der Waals surface area contributed by atoms with Gasteiger partial charge in [-0.15, -0.1) is 0 Å². The average Bonchev–Trinajstić information content (AvgIpc) is 2.86. The van der Waals surface area contributed by atoms with Crippen LogP contribution in [0.3, 0.4) is 0 Å². The van der Waals surface area contributed by atoms with Crippen molar-refractivity contribution in [3.63, 3.8) is 0 Å². The number of hydrogen-bond donors (Lipinski definition) is 2. The maximum Gasteiger partial charge on any atom is 0.217 e. The van der Waals surface area contributed by atoms with E-state index >= 15 is 0 Å². The van der Waals surface area contributed by atoms with Crippen molar-refractivity contribution in [3.8, 4) is 5.88 Å². The number of nitrogens with zero attached hydrogens (tertiary/aromatic N) is 3. The number of nitrogens with one attached hydrogen (secondary N) is 1. The zero-order valence-electron chi connectivity index (χ0n) is 11.2. The molecule has 0 saturated heterocycles. The standard InChI is InChI=1S/C13H19N5O/c1-18-9-10(8-16-18)5-6-12(17-14)11-4-3-7-15-13(11)19-2/h3-4,7-9,12,17H,5-6,14H2,1-2H3. The summed E-state index contributed by atoms with van der Waals surface area (Å²) >= 11 is 0. The second-order valence-electron chi connectivity index (χ2n) is 4.38. The Kier molecular flexibility index (Phi) is 4.48. The van der Waals surface area contributed by atoms with Gasteiger partial charge in [-0.05, 0) is 24.5 Å². The molecule has 0 aliphatic carbocycles. The van der Waals surface area contributed by atoms with Crippen molar-refractivity contribution in [3.05, 3.63) is 41.9 Å². The molecule has 19 heavy (non-hydrogen) atoms. The number of nitrogens with two attached hydrogens (primary N) is 1. The van der Waals surface area contributed by atoms with E-state index in [2.05, 4.69) is 15.5 Å². The third-order valence-electron chi connectivity index (χ3n) is 3.05. The number of hydrogen-bond acceptors (Lipinski definition) is 5. The van der Waals surface area contributed by atoms with Crippen LogP contribution in [0.5, 0.6) is 5.88 Å². The molecule has 2 heterocycles. The lowest BCUT2D eigenvalue weighted by molar-refractivity contribution is 0.380. The molecule has 6 heteroatoms. The van der Waals surface area contributed by atoms with Crippen LogP contribution in [0.15, 0.2) is 30.7 Å². The minimum Gasteiger partial charge on any atom is -0.481 e. The smallest absolute Gasteiger partial charge is 0.217 e. The van der Waals surface area contributed by atoms with Crippen LogP contribution in [-0.2, 0) is 13.5 Å². The Hall–Kier alpha value is -1.92. The molecule has 1 atom stereocenters. The molecule has 2 aromatic rings. The van der Waals surface area contributed by atoms with E-state index in [9.17, 15) is 0 Å². The minimum atomic E-state index is 0.00357. The molecule has 0 aliphatic heterocycles. The van der Waals surface area contributed by atoms with Gasteiger partial charge in [0.2, 0.25) is 5.88 Å². The summed E-state index contributed by atoms with van der Waals surface area (Å²) in [5.74, 6) is 6.25. The molecule has 1 unspecified atom stereocenters. The second kappa shape index (κ2) is 6.31. The molecule has 3 N–H and O–H groups in total. The van der Waals surface area contributed by atoms with Crippen molar-refractivity contribution >= 4 is 0 Å². The van der Waals surface area contributed by atoms with Crippen molar-refractivity contribution in [2.75, 3.05) is 7.11 Å². The predicted molar refractivity (Wildman–Crippen MR) is 72.4 cm³/mol. The summed E-state index contributed by atoms with van der Waals surface area (Å²) in [6, 6.07) is 3.86. The van der Waals surface area contributed by atoms with Crippen molar-refractivity contribution in [1.29, 1.82) is 0 Å². The molecule has 0 saturated carbocycles. The SMILES string of the molecule is COc1ncccc1C(CCc1cnn(C)c1)NN. The van der Waals surface area contributed by atoms with Gasteiger partial charge in [0.15, 0.2) is 0 Å². The van der Waals surface area contributed by atoms with Crippen LogP contribution >= 0.6 is 0 Å². The zero-order chi connectivity index (χ0) is 13.7. The number of methoxy groups -OCH3 is 1. The Labute approximate surface area is 112 Å². The Morgan fingerprint density at radius 3 is 3.00 bits per heavy atom. The number of aryl methyl sites for hydroxylation is 2. The summed E-state index contributed by atoms with van der Waals surface area (Å²) in [6.45, 7) is 0. The maximum absolute atomic E-state index is 5.64. The highest BCUT2D eigenvalue weighted by molar-refractivity contribution is 5.29. The van der Waals surface area contributed by atoms with Crippen LogP contribution in [0, 0.1) is 0 Å². The van der Waals surface area contributed by atoms with Gasteiger partial charge in [0.25, 0.3) is 0 Å².